The van der Waals surface area contributed by atoms with Crippen molar-refractivity contribution in [1.82, 2.24) is 30.6 Å². The quantitative estimate of drug-likeness (QED) is 0.660. The molecule has 1 aromatic heterocycles. The maximum absolute atomic E-state index is 12.5. The Morgan fingerprint density at radius 3 is 2.88 bits per heavy atom. The molecule has 3 fully saturated rings. The zero-order chi connectivity index (χ0) is 17.2. The molecule has 1 amide bonds. The van der Waals surface area contributed by atoms with Crippen LogP contribution in [-0.2, 0) is 0 Å². The van der Waals surface area contributed by atoms with Crippen molar-refractivity contribution in [2.75, 3.05) is 32.7 Å². The summed E-state index contributed by atoms with van der Waals surface area (Å²) in [6.45, 7) is 3.18. The molecule has 1 aromatic rings. The normalized spacial score (nSPS) is 31.1. The molecule has 8 nitrogen and oxygen atoms in total. The second-order valence-electron chi connectivity index (χ2n) is 7.42. The van der Waals surface area contributed by atoms with Crippen molar-refractivity contribution in [3.8, 4) is 0 Å². The number of rotatable bonds is 4. The highest BCUT2D eigenvalue weighted by atomic mass is 16.3. The molecule has 25 heavy (non-hydrogen) atoms. The number of aliphatic hydroxyl groups excluding tert-OH is 1. The van der Waals surface area contributed by atoms with Crippen LogP contribution in [0.15, 0.2) is 18.6 Å². The SMILES string of the molecule is O=C(c1cnccn1)N1CCN(CC2CC(C3CC3)NN2)CC(O)C1. The summed E-state index contributed by atoms with van der Waals surface area (Å²) in [4.78, 5) is 24.5. The number of aromatic nitrogens is 2. The van der Waals surface area contributed by atoms with E-state index in [1.54, 1.807) is 11.1 Å². The fourth-order valence-corrected chi connectivity index (χ4v) is 3.87. The molecule has 2 aliphatic heterocycles. The van der Waals surface area contributed by atoms with Gasteiger partial charge in [-0.1, -0.05) is 0 Å². The molecule has 0 aromatic carbocycles. The first-order valence-electron chi connectivity index (χ1n) is 9.16. The van der Waals surface area contributed by atoms with Crippen molar-refractivity contribution in [3.63, 3.8) is 0 Å². The van der Waals surface area contributed by atoms with Crippen molar-refractivity contribution < 1.29 is 9.90 Å². The highest BCUT2D eigenvalue weighted by Gasteiger charge is 2.37. The van der Waals surface area contributed by atoms with E-state index in [0.717, 1.165) is 25.4 Å². The summed E-state index contributed by atoms with van der Waals surface area (Å²) in [6.07, 6.45) is 7.82. The van der Waals surface area contributed by atoms with Gasteiger partial charge in [0.2, 0.25) is 0 Å². The number of amides is 1. The fraction of sp³-hybridized carbons (Fsp3) is 0.706. The molecular formula is C17H26N6O2. The van der Waals surface area contributed by atoms with E-state index in [1.165, 1.54) is 25.2 Å². The number of nitrogens with zero attached hydrogens (tertiary/aromatic N) is 4. The monoisotopic (exact) mass is 346 g/mol. The van der Waals surface area contributed by atoms with Gasteiger partial charge in [-0.2, -0.15) is 0 Å². The van der Waals surface area contributed by atoms with Crippen LogP contribution in [-0.4, -0.2) is 81.7 Å². The summed E-state index contributed by atoms with van der Waals surface area (Å²) in [5.41, 5.74) is 7.14. The van der Waals surface area contributed by atoms with Crippen LogP contribution >= 0.6 is 0 Å². The maximum atomic E-state index is 12.5. The van der Waals surface area contributed by atoms with E-state index in [4.69, 9.17) is 0 Å². The lowest BCUT2D eigenvalue weighted by Gasteiger charge is -2.24. The fourth-order valence-electron chi connectivity index (χ4n) is 3.87. The van der Waals surface area contributed by atoms with Crippen molar-refractivity contribution in [3.05, 3.63) is 24.3 Å². The molecule has 4 rings (SSSR count). The Hall–Kier alpha value is -1.61. The van der Waals surface area contributed by atoms with Crippen LogP contribution < -0.4 is 10.9 Å². The lowest BCUT2D eigenvalue weighted by Crippen LogP contribution is -2.43. The van der Waals surface area contributed by atoms with Crippen LogP contribution in [0.2, 0.25) is 0 Å². The van der Waals surface area contributed by atoms with E-state index in [1.807, 2.05) is 0 Å². The Labute approximate surface area is 147 Å². The number of hydrazine groups is 1. The average Bonchev–Trinajstić information content (AvgIpc) is 3.40. The van der Waals surface area contributed by atoms with Crippen LogP contribution in [0.1, 0.15) is 29.8 Å². The third kappa shape index (κ3) is 4.14. The summed E-state index contributed by atoms with van der Waals surface area (Å²) >= 11 is 0. The highest BCUT2D eigenvalue weighted by Crippen LogP contribution is 2.35. The Morgan fingerprint density at radius 1 is 1.24 bits per heavy atom. The van der Waals surface area contributed by atoms with Crippen LogP contribution in [0.25, 0.3) is 0 Å². The number of aliphatic hydroxyl groups is 1. The molecule has 0 spiro atoms. The largest absolute Gasteiger partial charge is 0.390 e. The molecule has 0 bridgehead atoms. The standard InChI is InChI=1S/C17H26N6O2/c24-14-10-22(9-13-7-15(21-20-13)12-1-2-12)5-6-23(11-14)17(25)16-8-18-3-4-19-16/h3-4,8,12-15,20-21,24H,1-2,5-7,9-11H2. The van der Waals surface area contributed by atoms with Crippen molar-refractivity contribution in [2.24, 2.45) is 5.92 Å². The molecule has 3 N–H and O–H groups in total. The van der Waals surface area contributed by atoms with Gasteiger partial charge in [0.15, 0.2) is 0 Å². The minimum Gasteiger partial charge on any atom is -0.390 e. The molecule has 3 heterocycles. The van der Waals surface area contributed by atoms with Crippen LogP contribution in [0.3, 0.4) is 0 Å². The molecule has 3 aliphatic rings. The maximum Gasteiger partial charge on any atom is 0.274 e. The topological polar surface area (TPSA) is 93.6 Å². The number of carbonyl (C=O) groups is 1. The van der Waals surface area contributed by atoms with E-state index in [9.17, 15) is 9.90 Å². The molecule has 3 unspecified atom stereocenters. The van der Waals surface area contributed by atoms with Gasteiger partial charge < -0.3 is 10.0 Å². The number of hydrogen-bond donors (Lipinski definition) is 3. The van der Waals surface area contributed by atoms with Crippen molar-refractivity contribution >= 4 is 5.91 Å². The first kappa shape index (κ1) is 16.8. The van der Waals surface area contributed by atoms with E-state index >= 15 is 0 Å². The second kappa shape index (κ2) is 7.33. The summed E-state index contributed by atoms with van der Waals surface area (Å²) in [5.74, 6) is 0.677. The molecular weight excluding hydrogens is 320 g/mol. The molecule has 0 radical (unpaired) electrons. The van der Waals surface area contributed by atoms with Gasteiger partial charge in [-0.15, -0.1) is 0 Å². The number of β-amino-alcohol motifs (C(OH)–C–C–N with tert-alkyl or cyclic N) is 1. The minimum absolute atomic E-state index is 0.163. The highest BCUT2D eigenvalue weighted by molar-refractivity contribution is 5.92. The van der Waals surface area contributed by atoms with Gasteiger partial charge in [0.25, 0.3) is 5.91 Å². The van der Waals surface area contributed by atoms with E-state index < -0.39 is 6.10 Å². The van der Waals surface area contributed by atoms with E-state index in [-0.39, 0.29) is 5.91 Å². The summed E-state index contributed by atoms with van der Waals surface area (Å²) in [5, 5.41) is 10.3. The van der Waals surface area contributed by atoms with Gasteiger partial charge >= 0.3 is 0 Å². The Kier molecular flexibility index (Phi) is 4.93. The predicted octanol–water partition coefficient (Wildman–Crippen LogP) is -0.760. The third-order valence-corrected chi connectivity index (χ3v) is 5.34. The van der Waals surface area contributed by atoms with Crippen molar-refractivity contribution in [2.45, 2.75) is 37.5 Å². The second-order valence-corrected chi connectivity index (χ2v) is 7.42. The first-order chi connectivity index (χ1) is 12.2. The van der Waals surface area contributed by atoms with Gasteiger partial charge in [-0.05, 0) is 25.2 Å². The van der Waals surface area contributed by atoms with Crippen molar-refractivity contribution in [1.29, 1.82) is 0 Å². The summed E-state index contributed by atoms with van der Waals surface area (Å²) in [6, 6.07) is 0.997. The summed E-state index contributed by atoms with van der Waals surface area (Å²) < 4.78 is 0. The van der Waals surface area contributed by atoms with E-state index in [0.29, 0.717) is 37.4 Å². The zero-order valence-electron chi connectivity index (χ0n) is 14.3. The van der Waals surface area contributed by atoms with Crippen LogP contribution in [0.5, 0.6) is 0 Å². The van der Waals surface area contributed by atoms with Gasteiger partial charge in [0, 0.05) is 57.2 Å². The third-order valence-electron chi connectivity index (χ3n) is 5.34. The number of hydrogen-bond acceptors (Lipinski definition) is 7. The molecule has 136 valence electrons. The lowest BCUT2D eigenvalue weighted by atomic mass is 10.1. The number of carbonyl (C=O) groups excluding carboxylic acids is 1. The average molecular weight is 346 g/mol. The Balaban J connectivity index is 1.32. The number of nitrogens with one attached hydrogen (secondary N) is 2. The van der Waals surface area contributed by atoms with Crippen LogP contribution in [0.4, 0.5) is 0 Å². The van der Waals surface area contributed by atoms with E-state index in [2.05, 4.69) is 25.7 Å². The minimum atomic E-state index is -0.545. The molecule has 8 heteroatoms. The molecule has 3 atom stereocenters. The van der Waals surface area contributed by atoms with Gasteiger partial charge in [0.1, 0.15) is 5.69 Å². The van der Waals surface area contributed by atoms with Gasteiger partial charge in [-0.25, -0.2) is 4.98 Å². The van der Waals surface area contributed by atoms with Gasteiger partial charge in [0.05, 0.1) is 12.3 Å². The van der Waals surface area contributed by atoms with Gasteiger partial charge in [-0.3, -0.25) is 25.5 Å². The Bertz CT molecular complexity index is 596. The van der Waals surface area contributed by atoms with Crippen LogP contribution in [0, 0.1) is 5.92 Å². The molecule has 1 saturated carbocycles. The molecule has 2 saturated heterocycles. The Morgan fingerprint density at radius 2 is 2.12 bits per heavy atom. The molecule has 1 aliphatic carbocycles. The lowest BCUT2D eigenvalue weighted by molar-refractivity contribution is 0.0657. The first-order valence-corrected chi connectivity index (χ1v) is 9.16. The summed E-state index contributed by atoms with van der Waals surface area (Å²) in [7, 11) is 0. The zero-order valence-corrected chi connectivity index (χ0v) is 14.3. The predicted molar refractivity (Wildman–Crippen MR) is 91.6 cm³/mol. The smallest absolute Gasteiger partial charge is 0.274 e.